The fourth-order valence-electron chi connectivity index (χ4n) is 3.72. The van der Waals surface area contributed by atoms with Crippen LogP contribution in [0.5, 0.6) is 0 Å². The highest BCUT2D eigenvalue weighted by molar-refractivity contribution is 5.97. The maximum Gasteiger partial charge on any atom is 0.246 e. The minimum atomic E-state index is 0. The molecule has 9 heteroatoms. The van der Waals surface area contributed by atoms with E-state index in [0.717, 1.165) is 36.6 Å². The van der Waals surface area contributed by atoms with Crippen molar-refractivity contribution in [3.63, 3.8) is 0 Å². The number of halogens is 2. The molecule has 1 saturated heterocycles. The van der Waals surface area contributed by atoms with Crippen LogP contribution in [0, 0.1) is 0 Å². The molecule has 4 rings (SSSR count). The Labute approximate surface area is 183 Å². The minimum absolute atomic E-state index is 0. The Morgan fingerprint density at radius 3 is 2.48 bits per heavy atom. The van der Waals surface area contributed by atoms with Gasteiger partial charge in [0.1, 0.15) is 12.4 Å². The summed E-state index contributed by atoms with van der Waals surface area (Å²) < 4.78 is 5.23. The number of hydrogen-bond donors (Lipinski definition) is 1. The van der Waals surface area contributed by atoms with Crippen molar-refractivity contribution in [2.24, 2.45) is 5.73 Å². The largest absolute Gasteiger partial charge is 0.377 e. The maximum atomic E-state index is 12.7. The second-order valence-electron chi connectivity index (χ2n) is 7.23. The van der Waals surface area contributed by atoms with Gasteiger partial charge in [0.25, 0.3) is 0 Å². The third-order valence-corrected chi connectivity index (χ3v) is 5.26. The van der Waals surface area contributed by atoms with Crippen LogP contribution in [0.25, 0.3) is 0 Å². The normalized spacial score (nSPS) is 21.1. The van der Waals surface area contributed by atoms with E-state index in [1.54, 1.807) is 7.11 Å². The Balaban J connectivity index is 0.00000150. The van der Waals surface area contributed by atoms with Gasteiger partial charge in [0.2, 0.25) is 5.91 Å². The number of aromatic nitrogens is 2. The van der Waals surface area contributed by atoms with E-state index in [2.05, 4.69) is 9.97 Å². The molecule has 1 amide bonds. The number of nitrogens with two attached hydrogens (primary N) is 1. The van der Waals surface area contributed by atoms with Crippen LogP contribution in [0.3, 0.4) is 0 Å². The number of ether oxygens (including phenoxy) is 1. The predicted molar refractivity (Wildman–Crippen MR) is 118 cm³/mol. The molecule has 0 unspecified atom stereocenters. The lowest BCUT2D eigenvalue weighted by molar-refractivity contribution is -0.117. The van der Waals surface area contributed by atoms with Gasteiger partial charge in [0, 0.05) is 49.6 Å². The first-order valence-electron chi connectivity index (χ1n) is 9.37. The van der Waals surface area contributed by atoms with E-state index in [1.807, 2.05) is 46.2 Å². The van der Waals surface area contributed by atoms with Gasteiger partial charge in [-0.05, 0) is 25.0 Å². The Bertz CT molecular complexity index is 818. The van der Waals surface area contributed by atoms with Crippen LogP contribution in [-0.2, 0) is 16.1 Å². The molecule has 7 nitrogen and oxygen atoms in total. The summed E-state index contributed by atoms with van der Waals surface area (Å²) in [6.07, 6.45) is 1.90. The molecular formula is C20H27Cl2N5O2. The van der Waals surface area contributed by atoms with Crippen LogP contribution in [0.2, 0.25) is 0 Å². The van der Waals surface area contributed by atoms with Gasteiger partial charge < -0.3 is 20.3 Å². The number of benzene rings is 1. The number of para-hydroxylation sites is 1. The van der Waals surface area contributed by atoms with E-state index in [9.17, 15) is 4.79 Å². The van der Waals surface area contributed by atoms with Crippen molar-refractivity contribution in [1.29, 1.82) is 0 Å². The monoisotopic (exact) mass is 439 g/mol. The van der Waals surface area contributed by atoms with Crippen molar-refractivity contribution < 1.29 is 9.53 Å². The molecule has 2 N–H and O–H groups in total. The number of rotatable bonds is 5. The first kappa shape index (κ1) is 23.3. The molecule has 0 spiro atoms. The molecule has 1 aromatic heterocycles. The SMILES string of the molecule is COCc1nc(C2CC(N)C2)cc(N2CCN(c3ccccc3)C(=O)C2)n1.Cl.Cl. The molecule has 29 heavy (non-hydrogen) atoms. The molecule has 158 valence electrons. The molecule has 0 atom stereocenters. The average Bonchev–Trinajstić information content (AvgIpc) is 2.66. The number of carbonyl (C=O) groups excluding carboxylic acids is 1. The lowest BCUT2D eigenvalue weighted by atomic mass is 9.78. The molecule has 0 radical (unpaired) electrons. The van der Waals surface area contributed by atoms with Gasteiger partial charge >= 0.3 is 0 Å². The molecular weight excluding hydrogens is 413 g/mol. The Kier molecular flexibility index (Phi) is 8.22. The summed E-state index contributed by atoms with van der Waals surface area (Å²) >= 11 is 0. The molecule has 1 aromatic carbocycles. The van der Waals surface area contributed by atoms with E-state index in [1.165, 1.54) is 0 Å². The zero-order valence-electron chi connectivity index (χ0n) is 16.4. The summed E-state index contributed by atoms with van der Waals surface area (Å²) in [4.78, 5) is 25.9. The lowest BCUT2D eigenvalue weighted by Crippen LogP contribution is -2.51. The zero-order valence-corrected chi connectivity index (χ0v) is 18.0. The zero-order chi connectivity index (χ0) is 18.8. The lowest BCUT2D eigenvalue weighted by Gasteiger charge is -2.36. The van der Waals surface area contributed by atoms with Crippen molar-refractivity contribution in [3.05, 3.63) is 47.9 Å². The summed E-state index contributed by atoms with van der Waals surface area (Å²) in [6.45, 7) is 2.03. The van der Waals surface area contributed by atoms with Crippen LogP contribution >= 0.6 is 24.8 Å². The molecule has 2 fully saturated rings. The quantitative estimate of drug-likeness (QED) is 0.770. The summed E-state index contributed by atoms with van der Waals surface area (Å²) in [5.41, 5.74) is 7.89. The molecule has 1 saturated carbocycles. The van der Waals surface area contributed by atoms with Crippen LogP contribution in [0.4, 0.5) is 11.5 Å². The average molecular weight is 440 g/mol. The van der Waals surface area contributed by atoms with E-state index >= 15 is 0 Å². The summed E-state index contributed by atoms with van der Waals surface area (Å²) in [5.74, 6) is 1.90. The number of piperazine rings is 1. The maximum absolute atomic E-state index is 12.7. The predicted octanol–water partition coefficient (Wildman–Crippen LogP) is 2.52. The topological polar surface area (TPSA) is 84.6 Å². The number of amides is 1. The summed E-state index contributed by atoms with van der Waals surface area (Å²) in [7, 11) is 1.64. The van der Waals surface area contributed by atoms with Crippen LogP contribution in [0.1, 0.15) is 30.3 Å². The van der Waals surface area contributed by atoms with Gasteiger partial charge in [0.15, 0.2) is 5.82 Å². The van der Waals surface area contributed by atoms with Crippen LogP contribution < -0.4 is 15.5 Å². The molecule has 2 heterocycles. The second-order valence-corrected chi connectivity index (χ2v) is 7.23. The molecule has 2 aromatic rings. The molecule has 0 bridgehead atoms. The fourth-order valence-corrected chi connectivity index (χ4v) is 3.72. The molecule has 2 aliphatic rings. The van der Waals surface area contributed by atoms with Gasteiger partial charge in [-0.3, -0.25) is 4.79 Å². The minimum Gasteiger partial charge on any atom is -0.377 e. The van der Waals surface area contributed by atoms with E-state index in [4.69, 9.17) is 10.5 Å². The number of carbonyl (C=O) groups is 1. The van der Waals surface area contributed by atoms with Crippen LogP contribution in [0.15, 0.2) is 36.4 Å². The van der Waals surface area contributed by atoms with Gasteiger partial charge in [-0.25, -0.2) is 9.97 Å². The third-order valence-electron chi connectivity index (χ3n) is 5.26. The van der Waals surface area contributed by atoms with Crippen molar-refractivity contribution in [1.82, 2.24) is 9.97 Å². The fraction of sp³-hybridized carbons (Fsp3) is 0.450. The second kappa shape index (κ2) is 10.2. The summed E-state index contributed by atoms with van der Waals surface area (Å²) in [5, 5.41) is 0. The van der Waals surface area contributed by atoms with Gasteiger partial charge in [-0.2, -0.15) is 0 Å². The molecule has 1 aliphatic carbocycles. The van der Waals surface area contributed by atoms with Gasteiger partial charge in [-0.15, -0.1) is 24.8 Å². The van der Waals surface area contributed by atoms with E-state index in [0.29, 0.717) is 31.4 Å². The highest BCUT2D eigenvalue weighted by Crippen LogP contribution is 2.36. The van der Waals surface area contributed by atoms with E-state index < -0.39 is 0 Å². The Morgan fingerprint density at radius 2 is 1.86 bits per heavy atom. The third kappa shape index (κ3) is 5.17. The smallest absolute Gasteiger partial charge is 0.246 e. The van der Waals surface area contributed by atoms with E-state index in [-0.39, 0.29) is 36.8 Å². The number of nitrogens with zero attached hydrogens (tertiary/aromatic N) is 4. The number of hydrogen-bond acceptors (Lipinski definition) is 6. The van der Waals surface area contributed by atoms with Crippen molar-refractivity contribution in [2.45, 2.75) is 31.4 Å². The van der Waals surface area contributed by atoms with Crippen LogP contribution in [-0.4, -0.2) is 48.7 Å². The van der Waals surface area contributed by atoms with Crippen molar-refractivity contribution in [3.8, 4) is 0 Å². The van der Waals surface area contributed by atoms with Gasteiger partial charge in [0.05, 0.1) is 6.54 Å². The summed E-state index contributed by atoms with van der Waals surface area (Å²) in [6, 6.07) is 12.1. The first-order valence-corrected chi connectivity index (χ1v) is 9.37. The molecule has 1 aliphatic heterocycles. The van der Waals surface area contributed by atoms with Gasteiger partial charge in [-0.1, -0.05) is 18.2 Å². The standard InChI is InChI=1S/C20H25N5O2.2ClH/c1-27-13-18-22-17(14-9-15(21)10-14)11-19(23-18)24-7-8-25(20(26)12-24)16-5-3-2-4-6-16;;/h2-6,11,14-15H,7-10,12-13,21H2,1H3;2*1H. The Morgan fingerprint density at radius 1 is 1.14 bits per heavy atom. The highest BCUT2D eigenvalue weighted by Gasteiger charge is 2.31. The van der Waals surface area contributed by atoms with Crippen molar-refractivity contribution >= 4 is 42.2 Å². The number of anilines is 2. The Hall–Kier alpha value is -1.93. The highest BCUT2D eigenvalue weighted by atomic mass is 35.5. The number of methoxy groups -OCH3 is 1. The first-order chi connectivity index (χ1) is 13.1. The van der Waals surface area contributed by atoms with Crippen molar-refractivity contribution in [2.75, 3.05) is 36.5 Å².